The second-order valence-corrected chi connectivity index (χ2v) is 9.51. The number of rotatable bonds is 10. The standard InChI is InChI=1S/C29H29NO3S/c1-21-15-18-33-27-20-24(13-14-25(21)27)32-17-7-3-2-6-16-31-23-10-8-9-22(19-23)29-30-26-11-4-5-12-28(26)34-29/h4-5,8-15,19-20H,2-3,6-7,16-18H2,1H3. The lowest BCUT2D eigenvalue weighted by Crippen LogP contribution is -2.04. The summed E-state index contributed by atoms with van der Waals surface area (Å²) in [4.78, 5) is 4.75. The second kappa shape index (κ2) is 10.7. The molecule has 4 aromatic rings. The van der Waals surface area contributed by atoms with E-state index in [2.05, 4.69) is 49.4 Å². The molecular weight excluding hydrogens is 442 g/mol. The maximum atomic E-state index is 6.01. The van der Waals surface area contributed by atoms with Crippen LogP contribution in [-0.2, 0) is 0 Å². The second-order valence-electron chi connectivity index (χ2n) is 8.48. The third-order valence-corrected chi connectivity index (χ3v) is 7.04. The van der Waals surface area contributed by atoms with Gasteiger partial charge in [-0.25, -0.2) is 4.98 Å². The van der Waals surface area contributed by atoms with Crippen LogP contribution in [0.25, 0.3) is 26.4 Å². The Balaban J connectivity index is 1.01. The molecule has 5 rings (SSSR count). The van der Waals surface area contributed by atoms with Gasteiger partial charge in [0.1, 0.15) is 28.9 Å². The van der Waals surface area contributed by atoms with Crippen molar-refractivity contribution in [2.45, 2.75) is 32.6 Å². The van der Waals surface area contributed by atoms with Gasteiger partial charge in [-0.1, -0.05) is 24.3 Å². The summed E-state index contributed by atoms with van der Waals surface area (Å²) in [5.74, 6) is 2.70. The predicted octanol–water partition coefficient (Wildman–Crippen LogP) is 7.78. The number of thiazole rings is 1. The zero-order valence-corrected chi connectivity index (χ0v) is 20.3. The quantitative estimate of drug-likeness (QED) is 0.221. The summed E-state index contributed by atoms with van der Waals surface area (Å²) in [6.45, 7) is 4.19. The third kappa shape index (κ3) is 5.42. The van der Waals surface area contributed by atoms with Gasteiger partial charge in [-0.3, -0.25) is 0 Å². The predicted molar refractivity (Wildman–Crippen MR) is 140 cm³/mol. The highest BCUT2D eigenvalue weighted by molar-refractivity contribution is 7.21. The first kappa shape index (κ1) is 22.5. The van der Waals surface area contributed by atoms with E-state index >= 15 is 0 Å². The molecule has 0 atom stereocenters. The molecule has 0 aliphatic carbocycles. The molecule has 0 unspecified atom stereocenters. The molecule has 0 amide bonds. The largest absolute Gasteiger partial charge is 0.494 e. The van der Waals surface area contributed by atoms with Gasteiger partial charge in [0.2, 0.25) is 0 Å². The summed E-state index contributed by atoms with van der Waals surface area (Å²) in [6, 6.07) is 22.6. The van der Waals surface area contributed by atoms with E-state index in [1.54, 1.807) is 11.3 Å². The normalized spacial score (nSPS) is 12.7. The topological polar surface area (TPSA) is 40.6 Å². The minimum absolute atomic E-state index is 0.636. The minimum Gasteiger partial charge on any atom is -0.494 e. The molecule has 0 saturated heterocycles. The zero-order chi connectivity index (χ0) is 23.2. The van der Waals surface area contributed by atoms with Crippen molar-refractivity contribution in [3.05, 3.63) is 78.4 Å². The molecule has 1 aliphatic rings. The number of nitrogens with zero attached hydrogens (tertiary/aromatic N) is 1. The van der Waals surface area contributed by atoms with Gasteiger partial charge in [-0.05, 0) is 80.7 Å². The highest BCUT2D eigenvalue weighted by atomic mass is 32.1. The van der Waals surface area contributed by atoms with Crippen LogP contribution in [0.4, 0.5) is 0 Å². The molecule has 2 heterocycles. The molecule has 0 radical (unpaired) electrons. The highest BCUT2D eigenvalue weighted by Gasteiger charge is 2.11. The summed E-state index contributed by atoms with van der Waals surface area (Å²) in [6.07, 6.45) is 6.41. The van der Waals surface area contributed by atoms with Crippen LogP contribution in [0, 0.1) is 0 Å². The van der Waals surface area contributed by atoms with Crippen molar-refractivity contribution in [3.63, 3.8) is 0 Å². The number of para-hydroxylation sites is 1. The van der Waals surface area contributed by atoms with Crippen LogP contribution in [0.5, 0.6) is 17.2 Å². The van der Waals surface area contributed by atoms with E-state index in [1.165, 1.54) is 10.3 Å². The van der Waals surface area contributed by atoms with Crippen LogP contribution in [-0.4, -0.2) is 24.8 Å². The van der Waals surface area contributed by atoms with Gasteiger partial charge >= 0.3 is 0 Å². The van der Waals surface area contributed by atoms with Crippen molar-refractivity contribution < 1.29 is 14.2 Å². The summed E-state index contributed by atoms with van der Waals surface area (Å²) < 4.78 is 18.9. The number of hydrogen-bond donors (Lipinski definition) is 0. The van der Waals surface area contributed by atoms with E-state index in [9.17, 15) is 0 Å². The monoisotopic (exact) mass is 471 g/mol. The van der Waals surface area contributed by atoms with Crippen LogP contribution < -0.4 is 14.2 Å². The molecule has 0 bridgehead atoms. The fourth-order valence-corrected chi connectivity index (χ4v) is 5.02. The van der Waals surface area contributed by atoms with Crippen LogP contribution in [0.1, 0.15) is 38.2 Å². The van der Waals surface area contributed by atoms with Crippen LogP contribution >= 0.6 is 11.3 Å². The fraction of sp³-hybridized carbons (Fsp3) is 0.276. The first-order valence-electron chi connectivity index (χ1n) is 11.9. The molecule has 0 N–H and O–H groups in total. The van der Waals surface area contributed by atoms with E-state index in [-0.39, 0.29) is 0 Å². The van der Waals surface area contributed by atoms with E-state index in [4.69, 9.17) is 19.2 Å². The first-order valence-corrected chi connectivity index (χ1v) is 12.7. The number of aromatic nitrogens is 1. The zero-order valence-electron chi connectivity index (χ0n) is 19.5. The first-order chi connectivity index (χ1) is 16.8. The summed E-state index contributed by atoms with van der Waals surface area (Å²) in [5, 5.41) is 1.03. The van der Waals surface area contributed by atoms with Crippen LogP contribution in [0.3, 0.4) is 0 Å². The maximum Gasteiger partial charge on any atom is 0.130 e. The van der Waals surface area contributed by atoms with Gasteiger partial charge in [-0.2, -0.15) is 0 Å². The summed E-state index contributed by atoms with van der Waals surface area (Å²) in [7, 11) is 0. The van der Waals surface area contributed by atoms with Gasteiger partial charge in [-0.15, -0.1) is 11.3 Å². The van der Waals surface area contributed by atoms with Gasteiger partial charge in [0.25, 0.3) is 0 Å². The lowest BCUT2D eigenvalue weighted by molar-refractivity contribution is 0.286. The molecule has 0 saturated carbocycles. The number of ether oxygens (including phenoxy) is 3. The Kier molecular flexibility index (Phi) is 7.10. The van der Waals surface area contributed by atoms with Gasteiger partial charge in [0.05, 0.1) is 23.4 Å². The molecule has 1 aliphatic heterocycles. The average molecular weight is 472 g/mol. The summed E-state index contributed by atoms with van der Waals surface area (Å²) in [5.41, 5.74) is 4.57. The molecule has 3 aromatic carbocycles. The van der Waals surface area contributed by atoms with E-state index in [0.29, 0.717) is 6.61 Å². The lowest BCUT2D eigenvalue weighted by Gasteiger charge is -2.17. The molecule has 0 fully saturated rings. The van der Waals surface area contributed by atoms with E-state index in [1.807, 2.05) is 30.3 Å². The van der Waals surface area contributed by atoms with Gasteiger partial charge < -0.3 is 14.2 Å². The number of benzene rings is 3. The van der Waals surface area contributed by atoms with Crippen molar-refractivity contribution in [2.75, 3.05) is 19.8 Å². The van der Waals surface area contributed by atoms with E-state index < -0.39 is 0 Å². The van der Waals surface area contributed by atoms with Crippen molar-refractivity contribution in [1.29, 1.82) is 0 Å². The lowest BCUT2D eigenvalue weighted by atomic mass is 10.0. The van der Waals surface area contributed by atoms with Crippen LogP contribution in [0.2, 0.25) is 0 Å². The van der Waals surface area contributed by atoms with Gasteiger partial charge in [0, 0.05) is 17.2 Å². The summed E-state index contributed by atoms with van der Waals surface area (Å²) >= 11 is 1.72. The number of unbranched alkanes of at least 4 members (excludes halogenated alkanes) is 3. The Labute approximate surface area is 204 Å². The molecular formula is C29H29NO3S. The Hall–Kier alpha value is -3.31. The number of allylic oxidation sites excluding steroid dienone is 1. The van der Waals surface area contributed by atoms with Crippen LogP contribution in [0.15, 0.2) is 72.8 Å². The minimum atomic E-state index is 0.636. The Morgan fingerprint density at radius 2 is 1.65 bits per heavy atom. The fourth-order valence-electron chi connectivity index (χ4n) is 4.06. The molecule has 5 heteroatoms. The Morgan fingerprint density at radius 3 is 2.47 bits per heavy atom. The van der Waals surface area contributed by atoms with E-state index in [0.717, 1.165) is 77.8 Å². The van der Waals surface area contributed by atoms with Crippen molar-refractivity contribution >= 4 is 27.1 Å². The van der Waals surface area contributed by atoms with Gasteiger partial charge in [0.15, 0.2) is 0 Å². The SMILES string of the molecule is CC1=CCOc2cc(OCCCCCCOc3cccc(-c4nc5ccccc5s4)c3)ccc21. The van der Waals surface area contributed by atoms with Crippen molar-refractivity contribution in [1.82, 2.24) is 4.98 Å². The Morgan fingerprint density at radius 1 is 0.853 bits per heavy atom. The highest BCUT2D eigenvalue weighted by Crippen LogP contribution is 2.33. The molecule has 0 spiro atoms. The van der Waals surface area contributed by atoms with Crippen molar-refractivity contribution in [3.8, 4) is 27.8 Å². The number of fused-ring (bicyclic) bond motifs is 2. The maximum absolute atomic E-state index is 6.01. The molecule has 174 valence electrons. The van der Waals surface area contributed by atoms with Crippen molar-refractivity contribution in [2.24, 2.45) is 0 Å². The Bertz CT molecular complexity index is 1260. The molecule has 1 aromatic heterocycles. The molecule has 4 nitrogen and oxygen atoms in total. The average Bonchev–Trinajstić information content (AvgIpc) is 3.30. The molecule has 34 heavy (non-hydrogen) atoms. The third-order valence-electron chi connectivity index (χ3n) is 5.96. The number of hydrogen-bond acceptors (Lipinski definition) is 5. The smallest absolute Gasteiger partial charge is 0.130 e.